The first-order chi connectivity index (χ1) is 5.81. The highest BCUT2D eigenvalue weighted by molar-refractivity contribution is 9.10. The molecular formula is C10H12BrN. The standard InChI is InChI=1S/C10H12BrN/c1-2-7-6-12-10-5-8(11)3-4-9(7)10/h3-5,7,12H,2,6H2,1H3. The summed E-state index contributed by atoms with van der Waals surface area (Å²) in [5, 5.41) is 3.41. The maximum atomic E-state index is 3.47. The van der Waals surface area contributed by atoms with E-state index in [9.17, 15) is 0 Å². The summed E-state index contributed by atoms with van der Waals surface area (Å²) in [6.07, 6.45) is 1.22. The molecule has 0 saturated carbocycles. The van der Waals surface area contributed by atoms with Crippen molar-refractivity contribution in [3.63, 3.8) is 0 Å². The van der Waals surface area contributed by atoms with Gasteiger partial charge >= 0.3 is 0 Å². The van der Waals surface area contributed by atoms with E-state index in [1.165, 1.54) is 17.7 Å². The first-order valence-corrected chi connectivity index (χ1v) is 5.14. The molecule has 0 aromatic heterocycles. The van der Waals surface area contributed by atoms with Gasteiger partial charge in [-0.05, 0) is 24.1 Å². The van der Waals surface area contributed by atoms with E-state index in [1.807, 2.05) is 0 Å². The highest BCUT2D eigenvalue weighted by atomic mass is 79.9. The van der Waals surface area contributed by atoms with E-state index in [0.29, 0.717) is 5.92 Å². The Balaban J connectivity index is 2.40. The fourth-order valence-corrected chi connectivity index (χ4v) is 2.11. The minimum Gasteiger partial charge on any atom is -0.384 e. The topological polar surface area (TPSA) is 12.0 Å². The number of halogens is 1. The molecule has 1 aliphatic rings. The van der Waals surface area contributed by atoms with Crippen LogP contribution >= 0.6 is 15.9 Å². The summed E-state index contributed by atoms with van der Waals surface area (Å²) in [5.74, 6) is 0.716. The molecule has 1 aromatic rings. The van der Waals surface area contributed by atoms with Gasteiger partial charge in [-0.15, -0.1) is 0 Å². The van der Waals surface area contributed by atoms with Gasteiger partial charge in [0.25, 0.3) is 0 Å². The second-order valence-electron chi connectivity index (χ2n) is 3.22. The summed E-state index contributed by atoms with van der Waals surface area (Å²) in [5.41, 5.74) is 2.77. The molecule has 64 valence electrons. The van der Waals surface area contributed by atoms with Gasteiger partial charge in [0.1, 0.15) is 0 Å². The predicted molar refractivity (Wildman–Crippen MR) is 55.7 cm³/mol. The number of rotatable bonds is 1. The molecule has 0 amide bonds. The second-order valence-corrected chi connectivity index (χ2v) is 4.13. The number of benzene rings is 1. The Labute approximate surface area is 81.3 Å². The van der Waals surface area contributed by atoms with Crippen LogP contribution < -0.4 is 5.32 Å². The van der Waals surface area contributed by atoms with Crippen LogP contribution in [0, 0.1) is 0 Å². The third kappa shape index (κ3) is 1.24. The van der Waals surface area contributed by atoms with Gasteiger partial charge in [-0.3, -0.25) is 0 Å². The van der Waals surface area contributed by atoms with Gasteiger partial charge in [0.15, 0.2) is 0 Å². The van der Waals surface area contributed by atoms with Crippen molar-refractivity contribution in [3.8, 4) is 0 Å². The van der Waals surface area contributed by atoms with Gasteiger partial charge in [-0.25, -0.2) is 0 Å². The lowest BCUT2D eigenvalue weighted by Crippen LogP contribution is -1.99. The largest absolute Gasteiger partial charge is 0.384 e. The van der Waals surface area contributed by atoms with Crippen LogP contribution in [-0.4, -0.2) is 6.54 Å². The molecule has 0 radical (unpaired) electrons. The SMILES string of the molecule is CCC1CNc2cc(Br)ccc21. The third-order valence-electron chi connectivity index (χ3n) is 2.49. The molecule has 0 bridgehead atoms. The molecule has 1 atom stereocenters. The monoisotopic (exact) mass is 225 g/mol. The number of hydrogen-bond acceptors (Lipinski definition) is 1. The summed E-state index contributed by atoms with van der Waals surface area (Å²) in [7, 11) is 0. The number of fused-ring (bicyclic) bond motifs is 1. The van der Waals surface area contributed by atoms with Crippen LogP contribution in [0.1, 0.15) is 24.8 Å². The molecule has 0 spiro atoms. The van der Waals surface area contributed by atoms with Crippen LogP contribution in [0.15, 0.2) is 22.7 Å². The highest BCUT2D eigenvalue weighted by Crippen LogP contribution is 2.34. The molecular weight excluding hydrogens is 214 g/mol. The quantitative estimate of drug-likeness (QED) is 0.774. The normalized spacial score (nSPS) is 20.3. The zero-order valence-corrected chi connectivity index (χ0v) is 8.69. The number of hydrogen-bond donors (Lipinski definition) is 1. The Morgan fingerprint density at radius 1 is 1.58 bits per heavy atom. The molecule has 1 nitrogen and oxygen atoms in total. The second kappa shape index (κ2) is 3.09. The van der Waals surface area contributed by atoms with E-state index in [2.05, 4.69) is 46.4 Å². The first-order valence-electron chi connectivity index (χ1n) is 4.34. The molecule has 0 saturated heterocycles. The summed E-state index contributed by atoms with van der Waals surface area (Å²) >= 11 is 3.47. The maximum absolute atomic E-state index is 3.47. The van der Waals surface area contributed by atoms with Gasteiger partial charge in [-0.2, -0.15) is 0 Å². The molecule has 0 fully saturated rings. The van der Waals surface area contributed by atoms with E-state index in [0.717, 1.165) is 11.0 Å². The zero-order valence-electron chi connectivity index (χ0n) is 7.10. The van der Waals surface area contributed by atoms with E-state index in [-0.39, 0.29) is 0 Å². The van der Waals surface area contributed by atoms with Gasteiger partial charge in [0.2, 0.25) is 0 Å². The molecule has 1 unspecified atom stereocenters. The Hall–Kier alpha value is -0.500. The van der Waals surface area contributed by atoms with E-state index in [1.54, 1.807) is 0 Å². The summed E-state index contributed by atoms with van der Waals surface area (Å²) in [6, 6.07) is 6.49. The van der Waals surface area contributed by atoms with E-state index in [4.69, 9.17) is 0 Å². The molecule has 2 heteroatoms. The fraction of sp³-hybridized carbons (Fsp3) is 0.400. The van der Waals surface area contributed by atoms with Crippen LogP contribution in [0.25, 0.3) is 0 Å². The van der Waals surface area contributed by atoms with Crippen molar-refractivity contribution in [1.82, 2.24) is 0 Å². The Morgan fingerprint density at radius 3 is 3.17 bits per heavy atom. The van der Waals surface area contributed by atoms with Gasteiger partial charge in [0, 0.05) is 22.6 Å². The van der Waals surface area contributed by atoms with Crippen LogP contribution in [-0.2, 0) is 0 Å². The molecule has 2 rings (SSSR count). The van der Waals surface area contributed by atoms with Crippen LogP contribution in [0.2, 0.25) is 0 Å². The van der Waals surface area contributed by atoms with Crippen LogP contribution in [0.3, 0.4) is 0 Å². The molecule has 1 aromatic carbocycles. The average Bonchev–Trinajstić information content (AvgIpc) is 2.46. The predicted octanol–water partition coefficient (Wildman–Crippen LogP) is 3.37. The molecule has 12 heavy (non-hydrogen) atoms. The number of anilines is 1. The Morgan fingerprint density at radius 2 is 2.42 bits per heavy atom. The maximum Gasteiger partial charge on any atom is 0.0387 e. The molecule has 0 aliphatic carbocycles. The molecule has 1 N–H and O–H groups in total. The molecule has 1 heterocycles. The van der Waals surface area contributed by atoms with Gasteiger partial charge < -0.3 is 5.32 Å². The molecule has 1 aliphatic heterocycles. The highest BCUT2D eigenvalue weighted by Gasteiger charge is 2.19. The van der Waals surface area contributed by atoms with E-state index >= 15 is 0 Å². The lowest BCUT2D eigenvalue weighted by atomic mass is 9.99. The summed E-state index contributed by atoms with van der Waals surface area (Å²) in [6.45, 7) is 3.34. The van der Waals surface area contributed by atoms with Crippen molar-refractivity contribution in [3.05, 3.63) is 28.2 Å². The lowest BCUT2D eigenvalue weighted by molar-refractivity contribution is 0.727. The van der Waals surface area contributed by atoms with Crippen molar-refractivity contribution >= 4 is 21.6 Å². The van der Waals surface area contributed by atoms with Crippen molar-refractivity contribution in [2.45, 2.75) is 19.3 Å². The average molecular weight is 226 g/mol. The Bertz CT molecular complexity index is 296. The van der Waals surface area contributed by atoms with Crippen LogP contribution in [0.4, 0.5) is 5.69 Å². The number of nitrogens with one attached hydrogen (secondary N) is 1. The first kappa shape index (κ1) is 8.11. The van der Waals surface area contributed by atoms with Crippen molar-refractivity contribution in [2.75, 3.05) is 11.9 Å². The van der Waals surface area contributed by atoms with Gasteiger partial charge in [0.05, 0.1) is 0 Å². The van der Waals surface area contributed by atoms with E-state index < -0.39 is 0 Å². The van der Waals surface area contributed by atoms with Crippen molar-refractivity contribution in [1.29, 1.82) is 0 Å². The fourth-order valence-electron chi connectivity index (χ4n) is 1.74. The minimum atomic E-state index is 0.716. The zero-order chi connectivity index (χ0) is 8.55. The third-order valence-corrected chi connectivity index (χ3v) is 2.98. The minimum absolute atomic E-state index is 0.716. The van der Waals surface area contributed by atoms with Crippen molar-refractivity contribution < 1.29 is 0 Å². The summed E-state index contributed by atoms with van der Waals surface area (Å²) < 4.78 is 1.16. The van der Waals surface area contributed by atoms with Crippen molar-refractivity contribution in [2.24, 2.45) is 0 Å². The summed E-state index contributed by atoms with van der Waals surface area (Å²) in [4.78, 5) is 0. The smallest absolute Gasteiger partial charge is 0.0387 e. The van der Waals surface area contributed by atoms with Gasteiger partial charge in [-0.1, -0.05) is 28.9 Å². The van der Waals surface area contributed by atoms with Crippen LogP contribution in [0.5, 0.6) is 0 Å². The lowest BCUT2D eigenvalue weighted by Gasteiger charge is -2.05. The Kier molecular flexibility index (Phi) is 2.09.